The SMILES string of the molecule is CCC(CN)C(=O)Nc1cc(F)cc(F)c1. The van der Waals surface area contributed by atoms with E-state index >= 15 is 0 Å². The zero-order valence-electron chi connectivity index (χ0n) is 8.97. The number of rotatable bonds is 4. The van der Waals surface area contributed by atoms with Gasteiger partial charge in [-0.25, -0.2) is 8.78 Å². The van der Waals surface area contributed by atoms with Crippen molar-refractivity contribution in [3.63, 3.8) is 0 Å². The van der Waals surface area contributed by atoms with Crippen LogP contribution in [-0.4, -0.2) is 12.5 Å². The number of amides is 1. The Morgan fingerprint density at radius 3 is 2.38 bits per heavy atom. The Morgan fingerprint density at radius 2 is 1.94 bits per heavy atom. The topological polar surface area (TPSA) is 55.1 Å². The van der Waals surface area contributed by atoms with E-state index in [2.05, 4.69) is 5.32 Å². The van der Waals surface area contributed by atoms with Crippen molar-refractivity contribution in [3.05, 3.63) is 29.8 Å². The normalized spacial score (nSPS) is 12.2. The van der Waals surface area contributed by atoms with Crippen molar-refractivity contribution >= 4 is 11.6 Å². The van der Waals surface area contributed by atoms with Crippen LogP contribution in [0.5, 0.6) is 0 Å². The van der Waals surface area contributed by atoms with Crippen molar-refractivity contribution in [2.24, 2.45) is 11.7 Å². The molecule has 0 aliphatic heterocycles. The summed E-state index contributed by atoms with van der Waals surface area (Å²) in [4.78, 5) is 11.6. The van der Waals surface area contributed by atoms with E-state index in [-0.39, 0.29) is 24.1 Å². The van der Waals surface area contributed by atoms with Crippen LogP contribution >= 0.6 is 0 Å². The van der Waals surface area contributed by atoms with E-state index in [0.29, 0.717) is 6.42 Å². The average molecular weight is 228 g/mol. The predicted molar refractivity (Wildman–Crippen MR) is 57.8 cm³/mol. The summed E-state index contributed by atoms with van der Waals surface area (Å²) in [6, 6.07) is 2.87. The minimum Gasteiger partial charge on any atom is -0.330 e. The number of carbonyl (C=O) groups excluding carboxylic acids is 1. The summed E-state index contributed by atoms with van der Waals surface area (Å²) < 4.78 is 25.7. The van der Waals surface area contributed by atoms with Gasteiger partial charge in [-0.2, -0.15) is 0 Å². The largest absolute Gasteiger partial charge is 0.330 e. The third-order valence-electron chi connectivity index (χ3n) is 2.28. The van der Waals surface area contributed by atoms with E-state index in [0.717, 1.165) is 18.2 Å². The van der Waals surface area contributed by atoms with Gasteiger partial charge in [-0.05, 0) is 18.6 Å². The first-order chi connectivity index (χ1) is 7.56. The molecule has 1 atom stereocenters. The molecular weight excluding hydrogens is 214 g/mol. The quantitative estimate of drug-likeness (QED) is 0.826. The lowest BCUT2D eigenvalue weighted by Gasteiger charge is -2.12. The van der Waals surface area contributed by atoms with Crippen molar-refractivity contribution in [1.29, 1.82) is 0 Å². The molecule has 3 nitrogen and oxygen atoms in total. The van der Waals surface area contributed by atoms with Crippen molar-refractivity contribution < 1.29 is 13.6 Å². The summed E-state index contributed by atoms with van der Waals surface area (Å²) >= 11 is 0. The van der Waals surface area contributed by atoms with Gasteiger partial charge in [-0.1, -0.05) is 6.92 Å². The molecule has 0 spiro atoms. The smallest absolute Gasteiger partial charge is 0.228 e. The number of hydrogen-bond donors (Lipinski definition) is 2. The van der Waals surface area contributed by atoms with Gasteiger partial charge in [0.1, 0.15) is 11.6 Å². The van der Waals surface area contributed by atoms with E-state index in [1.165, 1.54) is 0 Å². The zero-order valence-corrected chi connectivity index (χ0v) is 8.97. The Hall–Kier alpha value is -1.49. The maximum Gasteiger partial charge on any atom is 0.228 e. The third kappa shape index (κ3) is 3.27. The lowest BCUT2D eigenvalue weighted by molar-refractivity contribution is -0.119. The summed E-state index contributed by atoms with van der Waals surface area (Å²) in [5.74, 6) is -2.12. The number of nitrogens with one attached hydrogen (secondary N) is 1. The summed E-state index contributed by atoms with van der Waals surface area (Å²) in [5.41, 5.74) is 5.49. The Kier molecular flexibility index (Phi) is 4.37. The van der Waals surface area contributed by atoms with Gasteiger partial charge in [0, 0.05) is 18.3 Å². The molecule has 16 heavy (non-hydrogen) atoms. The van der Waals surface area contributed by atoms with Crippen LogP contribution in [0.15, 0.2) is 18.2 Å². The molecule has 1 aromatic carbocycles. The van der Waals surface area contributed by atoms with Crippen LogP contribution in [0.25, 0.3) is 0 Å². The summed E-state index contributed by atoms with van der Waals surface area (Å²) in [5, 5.41) is 2.43. The minimum atomic E-state index is -0.726. The molecule has 3 N–H and O–H groups in total. The van der Waals surface area contributed by atoms with Gasteiger partial charge >= 0.3 is 0 Å². The molecule has 1 unspecified atom stereocenters. The maximum atomic E-state index is 12.8. The Labute approximate surface area is 92.6 Å². The monoisotopic (exact) mass is 228 g/mol. The maximum absolute atomic E-state index is 12.8. The Morgan fingerprint density at radius 1 is 1.38 bits per heavy atom. The standard InChI is InChI=1S/C11H14F2N2O/c1-2-7(6-14)11(16)15-10-4-8(12)3-9(13)5-10/h3-5,7H,2,6,14H2,1H3,(H,15,16). The first-order valence-electron chi connectivity index (χ1n) is 5.03. The lowest BCUT2D eigenvalue weighted by Crippen LogP contribution is -2.28. The molecule has 5 heteroatoms. The van der Waals surface area contributed by atoms with Gasteiger partial charge in [0.05, 0.1) is 5.92 Å². The van der Waals surface area contributed by atoms with Gasteiger partial charge in [0.2, 0.25) is 5.91 Å². The highest BCUT2D eigenvalue weighted by Crippen LogP contribution is 2.14. The lowest BCUT2D eigenvalue weighted by atomic mass is 10.1. The molecule has 88 valence electrons. The summed E-state index contributed by atoms with van der Waals surface area (Å²) in [7, 11) is 0. The van der Waals surface area contributed by atoms with E-state index < -0.39 is 11.6 Å². The average Bonchev–Trinajstić information content (AvgIpc) is 2.17. The summed E-state index contributed by atoms with van der Waals surface area (Å²) in [6.45, 7) is 2.03. The van der Waals surface area contributed by atoms with Crippen LogP contribution in [0.3, 0.4) is 0 Å². The van der Waals surface area contributed by atoms with Gasteiger partial charge in [0.15, 0.2) is 0 Å². The van der Waals surface area contributed by atoms with Crippen LogP contribution < -0.4 is 11.1 Å². The first-order valence-corrected chi connectivity index (χ1v) is 5.03. The van der Waals surface area contributed by atoms with E-state index in [4.69, 9.17) is 5.73 Å². The number of anilines is 1. The fourth-order valence-corrected chi connectivity index (χ4v) is 1.33. The number of hydrogen-bond acceptors (Lipinski definition) is 2. The van der Waals surface area contributed by atoms with Gasteiger partial charge < -0.3 is 11.1 Å². The van der Waals surface area contributed by atoms with E-state index in [9.17, 15) is 13.6 Å². The van der Waals surface area contributed by atoms with Crippen LogP contribution in [0, 0.1) is 17.6 Å². The fraction of sp³-hybridized carbons (Fsp3) is 0.364. The molecule has 0 radical (unpaired) electrons. The summed E-state index contributed by atoms with van der Waals surface area (Å²) in [6.07, 6.45) is 0.583. The third-order valence-corrected chi connectivity index (χ3v) is 2.28. The van der Waals surface area contributed by atoms with Crippen LogP contribution in [-0.2, 0) is 4.79 Å². The molecule has 0 fully saturated rings. The number of halogens is 2. The van der Waals surface area contributed by atoms with Crippen LogP contribution in [0.2, 0.25) is 0 Å². The molecule has 1 rings (SSSR count). The minimum absolute atomic E-state index is 0.106. The van der Waals surface area contributed by atoms with Crippen LogP contribution in [0.4, 0.5) is 14.5 Å². The molecule has 0 aliphatic rings. The van der Waals surface area contributed by atoms with E-state index in [1.807, 2.05) is 6.92 Å². The highest BCUT2D eigenvalue weighted by atomic mass is 19.1. The number of benzene rings is 1. The van der Waals surface area contributed by atoms with Crippen molar-refractivity contribution in [1.82, 2.24) is 0 Å². The van der Waals surface area contributed by atoms with Crippen LogP contribution in [0.1, 0.15) is 13.3 Å². The predicted octanol–water partition coefficient (Wildman–Crippen LogP) is 1.89. The van der Waals surface area contributed by atoms with Crippen molar-refractivity contribution in [2.75, 3.05) is 11.9 Å². The first kappa shape index (κ1) is 12.6. The molecule has 0 aliphatic carbocycles. The highest BCUT2D eigenvalue weighted by Gasteiger charge is 2.14. The fourth-order valence-electron chi connectivity index (χ4n) is 1.33. The highest BCUT2D eigenvalue weighted by molar-refractivity contribution is 5.92. The second-order valence-corrected chi connectivity index (χ2v) is 3.49. The van der Waals surface area contributed by atoms with Gasteiger partial charge in [0.25, 0.3) is 0 Å². The molecule has 0 heterocycles. The zero-order chi connectivity index (χ0) is 12.1. The molecule has 0 aromatic heterocycles. The van der Waals surface area contributed by atoms with Crippen molar-refractivity contribution in [2.45, 2.75) is 13.3 Å². The number of carbonyl (C=O) groups is 1. The molecule has 1 amide bonds. The number of nitrogens with two attached hydrogens (primary N) is 1. The van der Waals surface area contributed by atoms with Gasteiger partial charge in [-0.15, -0.1) is 0 Å². The second kappa shape index (κ2) is 5.55. The molecular formula is C11H14F2N2O. The second-order valence-electron chi connectivity index (χ2n) is 3.49. The molecule has 0 bridgehead atoms. The molecule has 0 saturated carbocycles. The van der Waals surface area contributed by atoms with Gasteiger partial charge in [-0.3, -0.25) is 4.79 Å². The van der Waals surface area contributed by atoms with E-state index in [1.54, 1.807) is 0 Å². The van der Waals surface area contributed by atoms with Crippen molar-refractivity contribution in [3.8, 4) is 0 Å². The Bertz CT molecular complexity index is 358. The molecule has 1 aromatic rings. The molecule has 0 saturated heterocycles. The Balaban J connectivity index is 2.76.